The summed E-state index contributed by atoms with van der Waals surface area (Å²) in [5, 5.41) is 2.71. The summed E-state index contributed by atoms with van der Waals surface area (Å²) in [6.07, 6.45) is 4.70. The number of unbranched alkanes of at least 4 members (excludes halogenated alkanes) is 1. The van der Waals surface area contributed by atoms with Crippen LogP contribution in [-0.4, -0.2) is 48.2 Å². The molecular weight excluding hydrogens is 246 g/mol. The predicted octanol–water partition coefficient (Wildman–Crippen LogP) is -0.190. The van der Waals surface area contributed by atoms with E-state index in [1.54, 1.807) is 0 Å². The van der Waals surface area contributed by atoms with E-state index >= 15 is 0 Å². The summed E-state index contributed by atoms with van der Waals surface area (Å²) in [7, 11) is 0. The van der Waals surface area contributed by atoms with Crippen molar-refractivity contribution in [2.45, 2.75) is 51.1 Å². The molecule has 108 valence electrons. The van der Waals surface area contributed by atoms with E-state index in [0.29, 0.717) is 19.4 Å². The zero-order chi connectivity index (χ0) is 14.3. The van der Waals surface area contributed by atoms with Gasteiger partial charge in [0.15, 0.2) is 0 Å². The first-order valence-corrected chi connectivity index (χ1v) is 6.89. The molecule has 2 unspecified atom stereocenters. The molecule has 1 rings (SSSR count). The van der Waals surface area contributed by atoms with E-state index in [2.05, 4.69) is 5.32 Å². The van der Waals surface area contributed by atoms with Crippen molar-refractivity contribution in [3.8, 4) is 0 Å². The number of nitrogens with zero attached hydrogens (tertiary/aromatic N) is 1. The summed E-state index contributed by atoms with van der Waals surface area (Å²) >= 11 is 0. The Morgan fingerprint density at radius 2 is 2.26 bits per heavy atom. The molecule has 0 aromatic heterocycles. The molecule has 1 fully saturated rings. The molecule has 1 aliphatic rings. The smallest absolute Gasteiger partial charge is 0.243 e. The first kappa shape index (κ1) is 15.6. The van der Waals surface area contributed by atoms with Crippen LogP contribution in [0, 0.1) is 0 Å². The summed E-state index contributed by atoms with van der Waals surface area (Å²) in [5.41, 5.74) is 5.33. The number of likely N-dealkylation sites (tertiary alicyclic amines) is 1. The van der Waals surface area contributed by atoms with Crippen molar-refractivity contribution < 1.29 is 14.4 Å². The molecule has 19 heavy (non-hydrogen) atoms. The topological polar surface area (TPSA) is 92.5 Å². The van der Waals surface area contributed by atoms with Crippen LogP contribution in [0.1, 0.15) is 39.0 Å². The Labute approximate surface area is 113 Å². The normalized spacial score (nSPS) is 20.1. The molecule has 0 aliphatic carbocycles. The van der Waals surface area contributed by atoms with Crippen LogP contribution in [0.5, 0.6) is 0 Å². The first-order valence-electron chi connectivity index (χ1n) is 6.89. The summed E-state index contributed by atoms with van der Waals surface area (Å²) < 4.78 is 0. The van der Waals surface area contributed by atoms with Crippen molar-refractivity contribution in [1.82, 2.24) is 10.2 Å². The highest BCUT2D eigenvalue weighted by molar-refractivity contribution is 5.90. The van der Waals surface area contributed by atoms with Gasteiger partial charge in [-0.2, -0.15) is 0 Å². The summed E-state index contributed by atoms with van der Waals surface area (Å²) in [6.45, 7) is 2.51. The Balaban J connectivity index is 2.55. The second-order valence-corrected chi connectivity index (χ2v) is 4.84. The van der Waals surface area contributed by atoms with Crippen molar-refractivity contribution in [2.24, 2.45) is 5.73 Å². The molecule has 0 spiro atoms. The number of hydrogen-bond donors (Lipinski definition) is 2. The van der Waals surface area contributed by atoms with Crippen molar-refractivity contribution >= 4 is 18.1 Å². The van der Waals surface area contributed by atoms with Gasteiger partial charge in [-0.05, 0) is 19.3 Å². The second kappa shape index (κ2) is 7.89. The number of nitrogens with two attached hydrogens (primary N) is 1. The fraction of sp³-hybridized carbons (Fsp3) is 0.769. The van der Waals surface area contributed by atoms with E-state index in [0.717, 1.165) is 25.5 Å². The number of rotatable bonds is 7. The maximum atomic E-state index is 12.1. The molecule has 1 heterocycles. The lowest BCUT2D eigenvalue weighted by Crippen LogP contribution is -2.50. The highest BCUT2D eigenvalue weighted by Crippen LogP contribution is 2.17. The highest BCUT2D eigenvalue weighted by atomic mass is 16.2. The van der Waals surface area contributed by atoms with Crippen LogP contribution < -0.4 is 11.1 Å². The number of nitrogens with one attached hydrogen (secondary N) is 1. The van der Waals surface area contributed by atoms with Gasteiger partial charge in [0.2, 0.25) is 11.8 Å². The predicted molar refractivity (Wildman–Crippen MR) is 71.3 cm³/mol. The van der Waals surface area contributed by atoms with Crippen LogP contribution in [0.4, 0.5) is 0 Å². The zero-order valence-corrected chi connectivity index (χ0v) is 11.4. The minimum Gasteiger partial charge on any atom is -0.345 e. The molecule has 2 amide bonds. The Morgan fingerprint density at radius 1 is 1.53 bits per heavy atom. The molecule has 6 heteroatoms. The standard InChI is InChI=1S/C13H23N3O3/c1-2-3-5-10(9-17)15-13(19)11-6-4-7-16(11)12(18)8-14/h9-11H,2-8,14H2,1H3,(H,15,19). The minimum absolute atomic E-state index is 0.0866. The van der Waals surface area contributed by atoms with Crippen LogP contribution in [0.15, 0.2) is 0 Å². The number of hydrogen-bond acceptors (Lipinski definition) is 4. The largest absolute Gasteiger partial charge is 0.345 e. The van der Waals surface area contributed by atoms with E-state index in [-0.39, 0.29) is 18.4 Å². The third-order valence-corrected chi connectivity index (χ3v) is 3.41. The van der Waals surface area contributed by atoms with Gasteiger partial charge in [-0.3, -0.25) is 9.59 Å². The summed E-state index contributed by atoms with van der Waals surface area (Å²) in [5.74, 6) is -0.457. The van der Waals surface area contributed by atoms with Crippen LogP contribution in [0.3, 0.4) is 0 Å². The second-order valence-electron chi connectivity index (χ2n) is 4.84. The van der Waals surface area contributed by atoms with Gasteiger partial charge in [-0.1, -0.05) is 19.8 Å². The average Bonchev–Trinajstić information content (AvgIpc) is 2.91. The van der Waals surface area contributed by atoms with E-state index < -0.39 is 12.1 Å². The van der Waals surface area contributed by atoms with E-state index in [1.807, 2.05) is 6.92 Å². The fourth-order valence-electron chi connectivity index (χ4n) is 2.33. The van der Waals surface area contributed by atoms with Gasteiger partial charge in [-0.15, -0.1) is 0 Å². The molecule has 6 nitrogen and oxygen atoms in total. The average molecular weight is 269 g/mol. The van der Waals surface area contributed by atoms with Crippen LogP contribution >= 0.6 is 0 Å². The molecule has 1 saturated heterocycles. The molecule has 0 saturated carbocycles. The van der Waals surface area contributed by atoms with Crippen molar-refractivity contribution in [1.29, 1.82) is 0 Å². The SMILES string of the molecule is CCCCC(C=O)NC(=O)C1CCCN1C(=O)CN. The molecule has 0 aromatic rings. The van der Waals surface area contributed by atoms with Crippen molar-refractivity contribution in [3.63, 3.8) is 0 Å². The van der Waals surface area contributed by atoms with E-state index in [1.165, 1.54) is 4.90 Å². The van der Waals surface area contributed by atoms with Crippen molar-refractivity contribution in [2.75, 3.05) is 13.1 Å². The van der Waals surface area contributed by atoms with Crippen LogP contribution in [0.25, 0.3) is 0 Å². The number of carbonyl (C=O) groups is 3. The van der Waals surface area contributed by atoms with Gasteiger partial charge in [0, 0.05) is 6.54 Å². The Bertz CT molecular complexity index is 333. The van der Waals surface area contributed by atoms with Crippen LogP contribution in [0.2, 0.25) is 0 Å². The molecular formula is C13H23N3O3. The first-order chi connectivity index (χ1) is 9.13. The summed E-state index contributed by atoms with van der Waals surface area (Å²) in [4.78, 5) is 36.1. The van der Waals surface area contributed by atoms with E-state index in [4.69, 9.17) is 5.73 Å². The fourth-order valence-corrected chi connectivity index (χ4v) is 2.33. The Kier molecular flexibility index (Phi) is 6.49. The van der Waals surface area contributed by atoms with Gasteiger partial charge in [0.25, 0.3) is 0 Å². The molecule has 0 aromatic carbocycles. The van der Waals surface area contributed by atoms with Gasteiger partial charge >= 0.3 is 0 Å². The summed E-state index contributed by atoms with van der Waals surface area (Å²) in [6, 6.07) is -0.928. The Morgan fingerprint density at radius 3 is 2.84 bits per heavy atom. The maximum absolute atomic E-state index is 12.1. The lowest BCUT2D eigenvalue weighted by atomic mass is 10.1. The maximum Gasteiger partial charge on any atom is 0.243 e. The number of aldehydes is 1. The Hall–Kier alpha value is -1.43. The van der Waals surface area contributed by atoms with Crippen LogP contribution in [-0.2, 0) is 14.4 Å². The monoisotopic (exact) mass is 269 g/mol. The van der Waals surface area contributed by atoms with Gasteiger partial charge in [-0.25, -0.2) is 0 Å². The van der Waals surface area contributed by atoms with Gasteiger partial charge in [0.1, 0.15) is 12.3 Å². The third kappa shape index (κ3) is 4.31. The van der Waals surface area contributed by atoms with Gasteiger partial charge in [0.05, 0.1) is 12.6 Å². The van der Waals surface area contributed by atoms with Gasteiger partial charge < -0.3 is 20.7 Å². The zero-order valence-electron chi connectivity index (χ0n) is 11.4. The van der Waals surface area contributed by atoms with E-state index in [9.17, 15) is 14.4 Å². The molecule has 3 N–H and O–H groups in total. The number of amides is 2. The molecule has 0 bridgehead atoms. The van der Waals surface area contributed by atoms with Crippen molar-refractivity contribution in [3.05, 3.63) is 0 Å². The highest BCUT2D eigenvalue weighted by Gasteiger charge is 2.34. The lowest BCUT2D eigenvalue weighted by Gasteiger charge is -2.24. The lowest BCUT2D eigenvalue weighted by molar-refractivity contribution is -0.138. The quantitative estimate of drug-likeness (QED) is 0.627. The minimum atomic E-state index is -0.472. The molecule has 2 atom stereocenters. The number of carbonyl (C=O) groups excluding carboxylic acids is 3. The third-order valence-electron chi connectivity index (χ3n) is 3.41. The molecule has 0 radical (unpaired) electrons. The molecule has 1 aliphatic heterocycles.